The number of unbranched alkanes of at least 4 members (excludes halogenated alkanes) is 4. The molecule has 0 unspecified atom stereocenters. The summed E-state index contributed by atoms with van der Waals surface area (Å²) in [5.74, 6) is -0.729. The van der Waals surface area contributed by atoms with Gasteiger partial charge in [0, 0.05) is 30.8 Å². The van der Waals surface area contributed by atoms with Gasteiger partial charge in [0.2, 0.25) is 5.91 Å². The van der Waals surface area contributed by atoms with Gasteiger partial charge in [-0.3, -0.25) is 9.59 Å². The third-order valence-corrected chi connectivity index (χ3v) is 7.24. The Morgan fingerprint density at radius 1 is 1.07 bits per heavy atom. The summed E-state index contributed by atoms with van der Waals surface area (Å²) >= 11 is 0. The SMILES string of the molecule is CCS(=O)(=O)[C@@H]1Cc2ccccc2N(C(=O)CCCCCCCC(=O)O)C1. The molecule has 2 rings (SSSR count). The van der Waals surface area contributed by atoms with E-state index in [2.05, 4.69) is 0 Å². The number of carbonyl (C=O) groups is 2. The van der Waals surface area contributed by atoms with Crippen molar-refractivity contribution < 1.29 is 23.1 Å². The van der Waals surface area contributed by atoms with E-state index in [4.69, 9.17) is 5.11 Å². The number of carbonyl (C=O) groups excluding carboxylic acids is 1. The van der Waals surface area contributed by atoms with Gasteiger partial charge < -0.3 is 10.0 Å². The zero-order chi connectivity index (χ0) is 19.9. The summed E-state index contributed by atoms with van der Waals surface area (Å²) in [6, 6.07) is 7.53. The van der Waals surface area contributed by atoms with Crippen molar-refractivity contribution >= 4 is 27.4 Å². The van der Waals surface area contributed by atoms with Crippen molar-refractivity contribution in [2.24, 2.45) is 0 Å². The zero-order valence-electron chi connectivity index (χ0n) is 15.9. The summed E-state index contributed by atoms with van der Waals surface area (Å²) in [5.41, 5.74) is 1.74. The van der Waals surface area contributed by atoms with E-state index in [1.165, 1.54) is 0 Å². The van der Waals surface area contributed by atoms with Crippen molar-refractivity contribution in [2.75, 3.05) is 17.2 Å². The highest BCUT2D eigenvalue weighted by molar-refractivity contribution is 7.92. The summed E-state index contributed by atoms with van der Waals surface area (Å²) < 4.78 is 24.7. The van der Waals surface area contributed by atoms with Gasteiger partial charge in [-0.1, -0.05) is 44.4 Å². The summed E-state index contributed by atoms with van der Waals surface area (Å²) in [6.45, 7) is 1.87. The van der Waals surface area contributed by atoms with E-state index in [0.29, 0.717) is 19.3 Å². The highest BCUT2D eigenvalue weighted by Crippen LogP contribution is 2.30. The summed E-state index contributed by atoms with van der Waals surface area (Å²) in [6.07, 6.45) is 5.06. The van der Waals surface area contributed by atoms with Crippen LogP contribution in [0.4, 0.5) is 5.69 Å². The molecule has 0 saturated heterocycles. The second-order valence-corrected chi connectivity index (χ2v) is 9.64. The van der Waals surface area contributed by atoms with Crippen LogP contribution < -0.4 is 4.90 Å². The molecule has 6 nitrogen and oxygen atoms in total. The smallest absolute Gasteiger partial charge is 0.303 e. The van der Waals surface area contributed by atoms with Gasteiger partial charge in [0.25, 0.3) is 0 Å². The Kier molecular flexibility index (Phi) is 7.83. The number of carboxylic acids is 1. The van der Waals surface area contributed by atoms with Gasteiger partial charge in [0.1, 0.15) is 0 Å². The lowest BCUT2D eigenvalue weighted by atomic mass is 10.0. The Balaban J connectivity index is 1.93. The number of carboxylic acid groups (broad SMARTS) is 1. The monoisotopic (exact) mass is 395 g/mol. The molecule has 1 aliphatic rings. The Labute approximate surface area is 161 Å². The summed E-state index contributed by atoms with van der Waals surface area (Å²) in [5, 5.41) is 8.07. The number of anilines is 1. The van der Waals surface area contributed by atoms with Crippen LogP contribution in [0.2, 0.25) is 0 Å². The van der Waals surface area contributed by atoms with Gasteiger partial charge >= 0.3 is 5.97 Å². The van der Waals surface area contributed by atoms with E-state index in [1.807, 2.05) is 24.3 Å². The van der Waals surface area contributed by atoms with Crippen LogP contribution in [0, 0.1) is 0 Å². The Morgan fingerprint density at radius 3 is 2.37 bits per heavy atom. The van der Waals surface area contributed by atoms with Crippen LogP contribution in [0.5, 0.6) is 0 Å². The molecule has 0 aliphatic carbocycles. The maximum atomic E-state index is 12.8. The number of aliphatic carboxylic acids is 1. The fourth-order valence-corrected chi connectivity index (χ4v) is 4.77. The van der Waals surface area contributed by atoms with Crippen molar-refractivity contribution in [2.45, 2.75) is 63.5 Å². The molecule has 1 atom stereocenters. The van der Waals surface area contributed by atoms with Crippen LogP contribution in [0.3, 0.4) is 0 Å². The zero-order valence-corrected chi connectivity index (χ0v) is 16.7. The first-order valence-corrected chi connectivity index (χ1v) is 11.4. The van der Waals surface area contributed by atoms with Crippen molar-refractivity contribution in [1.82, 2.24) is 0 Å². The van der Waals surface area contributed by atoms with Gasteiger partial charge in [0.15, 0.2) is 9.84 Å². The predicted octanol–water partition coefficient (Wildman–Crippen LogP) is 3.19. The first-order chi connectivity index (χ1) is 12.8. The second kappa shape index (κ2) is 9.88. The number of rotatable bonds is 10. The molecule has 150 valence electrons. The Morgan fingerprint density at radius 2 is 1.70 bits per heavy atom. The standard InChI is InChI=1S/C20H29NO5S/c1-2-27(25,26)17-14-16-10-8-9-11-18(16)21(15-17)19(22)12-6-4-3-5-7-13-20(23)24/h8-11,17H,2-7,12-15H2,1H3,(H,23,24)/t17-/m1/s1. The molecule has 0 aromatic heterocycles. The number of nitrogens with zero attached hydrogens (tertiary/aromatic N) is 1. The number of amides is 1. The molecule has 1 aliphatic heterocycles. The van der Waals surface area contributed by atoms with Gasteiger partial charge in [0.05, 0.1) is 5.25 Å². The first-order valence-electron chi connectivity index (χ1n) is 9.66. The van der Waals surface area contributed by atoms with Crippen molar-refractivity contribution in [3.05, 3.63) is 29.8 Å². The molecule has 1 amide bonds. The van der Waals surface area contributed by atoms with Crippen molar-refractivity contribution in [3.63, 3.8) is 0 Å². The minimum absolute atomic E-state index is 0.0380. The second-order valence-electron chi connectivity index (χ2n) is 7.07. The quantitative estimate of drug-likeness (QED) is 0.614. The molecule has 1 heterocycles. The normalized spacial score (nSPS) is 16.8. The highest BCUT2D eigenvalue weighted by Gasteiger charge is 2.34. The van der Waals surface area contributed by atoms with Crippen LogP contribution in [0.1, 0.15) is 57.4 Å². The molecular weight excluding hydrogens is 366 g/mol. The molecule has 0 saturated carbocycles. The number of hydrogen-bond acceptors (Lipinski definition) is 4. The largest absolute Gasteiger partial charge is 0.481 e. The third kappa shape index (κ3) is 6.06. The average Bonchev–Trinajstić information content (AvgIpc) is 2.65. The summed E-state index contributed by atoms with van der Waals surface area (Å²) in [7, 11) is -3.21. The van der Waals surface area contributed by atoms with Crippen molar-refractivity contribution in [3.8, 4) is 0 Å². The molecule has 1 aromatic rings. The van der Waals surface area contributed by atoms with Crippen LogP contribution >= 0.6 is 0 Å². The number of benzene rings is 1. The van der Waals surface area contributed by atoms with Gasteiger partial charge in [-0.25, -0.2) is 8.42 Å². The van der Waals surface area contributed by atoms with Crippen LogP contribution in [0.15, 0.2) is 24.3 Å². The maximum absolute atomic E-state index is 12.8. The molecule has 0 spiro atoms. The third-order valence-electron chi connectivity index (χ3n) is 5.11. The number of fused-ring (bicyclic) bond motifs is 1. The first kappa shape index (κ1) is 21.4. The van der Waals surface area contributed by atoms with Gasteiger partial charge in [-0.2, -0.15) is 0 Å². The molecule has 0 bridgehead atoms. The lowest BCUT2D eigenvalue weighted by Gasteiger charge is -2.34. The molecular formula is C20H29NO5S. The van der Waals surface area contributed by atoms with E-state index in [9.17, 15) is 18.0 Å². The van der Waals surface area contributed by atoms with E-state index in [1.54, 1.807) is 11.8 Å². The molecule has 1 aromatic carbocycles. The van der Waals surface area contributed by atoms with Crippen molar-refractivity contribution in [1.29, 1.82) is 0 Å². The number of hydrogen-bond donors (Lipinski definition) is 1. The lowest BCUT2D eigenvalue weighted by molar-refractivity contribution is -0.137. The fourth-order valence-electron chi connectivity index (χ4n) is 3.49. The topological polar surface area (TPSA) is 91.8 Å². The van der Waals surface area contributed by atoms with E-state index >= 15 is 0 Å². The lowest BCUT2D eigenvalue weighted by Crippen LogP contribution is -2.46. The molecule has 27 heavy (non-hydrogen) atoms. The van der Waals surface area contributed by atoms with E-state index < -0.39 is 21.1 Å². The van der Waals surface area contributed by atoms with Gasteiger partial charge in [-0.05, 0) is 30.9 Å². The van der Waals surface area contributed by atoms with Crippen LogP contribution in [0.25, 0.3) is 0 Å². The Bertz CT molecular complexity index is 759. The van der Waals surface area contributed by atoms with E-state index in [-0.39, 0.29) is 24.6 Å². The molecule has 1 N–H and O–H groups in total. The van der Waals surface area contributed by atoms with E-state index in [0.717, 1.165) is 36.9 Å². The van der Waals surface area contributed by atoms with Crippen LogP contribution in [-0.4, -0.2) is 42.9 Å². The highest BCUT2D eigenvalue weighted by atomic mass is 32.2. The number of sulfone groups is 1. The average molecular weight is 396 g/mol. The minimum atomic E-state index is -3.21. The Hall–Kier alpha value is -1.89. The van der Waals surface area contributed by atoms with Gasteiger partial charge in [-0.15, -0.1) is 0 Å². The predicted molar refractivity (Wildman–Crippen MR) is 106 cm³/mol. The molecule has 7 heteroatoms. The molecule has 0 radical (unpaired) electrons. The molecule has 0 fully saturated rings. The number of para-hydroxylation sites is 1. The minimum Gasteiger partial charge on any atom is -0.481 e. The maximum Gasteiger partial charge on any atom is 0.303 e. The van der Waals surface area contributed by atoms with Crippen LogP contribution in [-0.2, 0) is 25.8 Å². The fraction of sp³-hybridized carbons (Fsp3) is 0.600. The summed E-state index contributed by atoms with van der Waals surface area (Å²) in [4.78, 5) is 24.9.